The van der Waals surface area contributed by atoms with E-state index in [-0.39, 0.29) is 12.4 Å². The summed E-state index contributed by atoms with van der Waals surface area (Å²) in [5.41, 5.74) is 0. The van der Waals surface area contributed by atoms with Crippen LogP contribution in [0.25, 0.3) is 0 Å². The van der Waals surface area contributed by atoms with E-state index in [0.717, 1.165) is 17.6 Å². The summed E-state index contributed by atoms with van der Waals surface area (Å²) in [4.78, 5) is 0. The van der Waals surface area contributed by atoms with Gasteiger partial charge in [0.25, 0.3) is 0 Å². The average Bonchev–Trinajstić information content (AvgIpc) is 2.33. The zero-order valence-electron chi connectivity index (χ0n) is 13.2. The Morgan fingerprint density at radius 2 is 1.21 bits per heavy atom. The molecule has 0 N–H and O–H groups in total. The molecule has 0 radical (unpaired) electrons. The third kappa shape index (κ3) is 12.5. The van der Waals surface area contributed by atoms with Crippen molar-refractivity contribution in [2.24, 2.45) is 0 Å². The van der Waals surface area contributed by atoms with Gasteiger partial charge in [-0.15, -0.1) is 0 Å². The summed E-state index contributed by atoms with van der Waals surface area (Å²) in [5.74, 6) is 0. The van der Waals surface area contributed by atoms with Crippen LogP contribution in [-0.2, 0) is 0 Å². The number of hydrogen-bond donors (Lipinski definition) is 0. The van der Waals surface area contributed by atoms with Crippen LogP contribution in [0.1, 0.15) is 58.3 Å². The lowest BCUT2D eigenvalue weighted by Gasteiger charge is -2.32. The standard InChI is InChI=1S/C17H34N.ClH/c1-5-8-9-10-11-12-13-14-17-18(4,15-6-2)16-7-3;/h6-7H,2-3,5,8-17H2,1,4H3;1H/q+1;/p-1. The van der Waals surface area contributed by atoms with E-state index in [0.29, 0.717) is 0 Å². The van der Waals surface area contributed by atoms with Gasteiger partial charge in [0.05, 0.1) is 26.7 Å². The maximum atomic E-state index is 3.86. The molecule has 1 nitrogen and oxygen atoms in total. The highest BCUT2D eigenvalue weighted by Gasteiger charge is 2.16. The molecule has 0 heterocycles. The fraction of sp³-hybridized carbons (Fsp3) is 0.765. The quantitative estimate of drug-likeness (QED) is 0.276. The summed E-state index contributed by atoms with van der Waals surface area (Å²) < 4.78 is 1.07. The van der Waals surface area contributed by atoms with Gasteiger partial charge < -0.3 is 16.9 Å². The van der Waals surface area contributed by atoms with Crippen molar-refractivity contribution in [3.05, 3.63) is 25.3 Å². The molecule has 0 saturated heterocycles. The van der Waals surface area contributed by atoms with Crippen LogP contribution >= 0.6 is 0 Å². The van der Waals surface area contributed by atoms with Gasteiger partial charge in [-0.2, -0.15) is 0 Å². The summed E-state index contributed by atoms with van der Waals surface area (Å²) in [6.07, 6.45) is 15.2. The number of hydrogen-bond acceptors (Lipinski definition) is 0. The van der Waals surface area contributed by atoms with Crippen LogP contribution in [0, 0.1) is 0 Å². The highest BCUT2D eigenvalue weighted by Crippen LogP contribution is 2.11. The molecule has 0 aliphatic rings. The first kappa shape index (κ1) is 21.0. The van der Waals surface area contributed by atoms with Gasteiger partial charge in [-0.3, -0.25) is 0 Å². The lowest BCUT2D eigenvalue weighted by atomic mass is 10.1. The predicted molar refractivity (Wildman–Crippen MR) is 83.8 cm³/mol. The summed E-state index contributed by atoms with van der Waals surface area (Å²) in [5, 5.41) is 0. The van der Waals surface area contributed by atoms with Gasteiger partial charge >= 0.3 is 0 Å². The fourth-order valence-electron chi connectivity index (χ4n) is 2.51. The zero-order valence-corrected chi connectivity index (χ0v) is 13.9. The summed E-state index contributed by atoms with van der Waals surface area (Å²) in [6, 6.07) is 0. The number of quaternary nitrogens is 1. The SMILES string of the molecule is C=CC[N+](C)(CC=C)CCCCCCCCCC.[Cl-]. The van der Waals surface area contributed by atoms with Gasteiger partial charge in [-0.05, 0) is 25.0 Å². The van der Waals surface area contributed by atoms with Crippen LogP contribution < -0.4 is 12.4 Å². The Kier molecular flexibility index (Phi) is 15.7. The van der Waals surface area contributed by atoms with Crippen molar-refractivity contribution in [3.63, 3.8) is 0 Å². The van der Waals surface area contributed by atoms with Crippen molar-refractivity contribution in [1.82, 2.24) is 0 Å². The topological polar surface area (TPSA) is 0 Å². The molecule has 114 valence electrons. The molecule has 0 aliphatic heterocycles. The van der Waals surface area contributed by atoms with Crippen molar-refractivity contribution >= 4 is 0 Å². The normalized spacial score (nSPS) is 10.8. The monoisotopic (exact) mass is 287 g/mol. The Bertz CT molecular complexity index is 203. The fourth-order valence-corrected chi connectivity index (χ4v) is 2.51. The Labute approximate surface area is 127 Å². The highest BCUT2D eigenvalue weighted by molar-refractivity contribution is 4.70. The third-order valence-corrected chi connectivity index (χ3v) is 3.69. The molecular weight excluding hydrogens is 254 g/mol. The predicted octanol–water partition coefficient (Wildman–Crippen LogP) is 1.95. The highest BCUT2D eigenvalue weighted by atomic mass is 35.5. The molecule has 0 atom stereocenters. The largest absolute Gasteiger partial charge is 1.00 e. The Morgan fingerprint density at radius 1 is 0.789 bits per heavy atom. The maximum Gasteiger partial charge on any atom is 0.0971 e. The molecule has 0 spiro atoms. The smallest absolute Gasteiger partial charge is 0.0971 e. The van der Waals surface area contributed by atoms with E-state index in [1.54, 1.807) is 0 Å². The van der Waals surface area contributed by atoms with Gasteiger partial charge in [-0.1, -0.05) is 58.6 Å². The van der Waals surface area contributed by atoms with Gasteiger partial charge in [0.1, 0.15) is 0 Å². The number of nitrogens with zero attached hydrogens (tertiary/aromatic N) is 1. The lowest BCUT2D eigenvalue weighted by Crippen LogP contribution is -3.00. The van der Waals surface area contributed by atoms with E-state index in [1.165, 1.54) is 57.9 Å². The van der Waals surface area contributed by atoms with E-state index in [9.17, 15) is 0 Å². The molecule has 0 aromatic heterocycles. The molecule has 0 saturated carbocycles. The minimum Gasteiger partial charge on any atom is -1.00 e. The summed E-state index contributed by atoms with van der Waals surface area (Å²) >= 11 is 0. The van der Waals surface area contributed by atoms with Crippen molar-refractivity contribution in [1.29, 1.82) is 0 Å². The van der Waals surface area contributed by atoms with Crippen LogP contribution in [-0.4, -0.2) is 31.2 Å². The maximum absolute atomic E-state index is 3.86. The van der Waals surface area contributed by atoms with E-state index in [2.05, 4.69) is 27.1 Å². The molecule has 0 fully saturated rings. The van der Waals surface area contributed by atoms with E-state index in [4.69, 9.17) is 0 Å². The van der Waals surface area contributed by atoms with Crippen molar-refractivity contribution < 1.29 is 16.9 Å². The second kappa shape index (κ2) is 14.1. The van der Waals surface area contributed by atoms with E-state index >= 15 is 0 Å². The van der Waals surface area contributed by atoms with Crippen LogP contribution in [0.5, 0.6) is 0 Å². The molecular formula is C17H34ClN. The molecule has 19 heavy (non-hydrogen) atoms. The summed E-state index contributed by atoms with van der Waals surface area (Å²) in [6.45, 7) is 13.4. The Hall–Kier alpha value is -0.270. The van der Waals surface area contributed by atoms with Gasteiger partial charge in [0.2, 0.25) is 0 Å². The van der Waals surface area contributed by atoms with Crippen molar-refractivity contribution in [2.45, 2.75) is 58.3 Å². The molecule has 0 aliphatic carbocycles. The molecule has 0 aromatic carbocycles. The molecule has 2 heteroatoms. The van der Waals surface area contributed by atoms with Crippen LogP contribution in [0.2, 0.25) is 0 Å². The molecule has 0 unspecified atom stereocenters. The van der Waals surface area contributed by atoms with Crippen molar-refractivity contribution in [2.75, 3.05) is 26.7 Å². The first-order chi connectivity index (χ1) is 8.68. The second-order valence-corrected chi connectivity index (χ2v) is 5.76. The molecule has 0 bridgehead atoms. The number of likely N-dealkylation sites (N-methyl/N-ethyl adjacent to an activating group) is 1. The third-order valence-electron chi connectivity index (χ3n) is 3.69. The lowest BCUT2D eigenvalue weighted by molar-refractivity contribution is -0.898. The number of rotatable bonds is 13. The molecule has 0 rings (SSSR count). The Morgan fingerprint density at radius 3 is 1.63 bits per heavy atom. The summed E-state index contributed by atoms with van der Waals surface area (Å²) in [7, 11) is 2.31. The van der Waals surface area contributed by atoms with Crippen LogP contribution in [0.15, 0.2) is 25.3 Å². The molecule has 0 amide bonds. The minimum absolute atomic E-state index is 0. The number of unbranched alkanes of at least 4 members (excludes halogenated alkanes) is 7. The second-order valence-electron chi connectivity index (χ2n) is 5.76. The van der Waals surface area contributed by atoms with Crippen LogP contribution in [0.3, 0.4) is 0 Å². The average molecular weight is 288 g/mol. The zero-order chi connectivity index (χ0) is 13.7. The van der Waals surface area contributed by atoms with E-state index in [1.807, 2.05) is 12.2 Å². The number of halogens is 1. The minimum atomic E-state index is 0. The van der Waals surface area contributed by atoms with E-state index < -0.39 is 0 Å². The van der Waals surface area contributed by atoms with Crippen LogP contribution in [0.4, 0.5) is 0 Å². The van der Waals surface area contributed by atoms with Gasteiger partial charge in [0.15, 0.2) is 0 Å². The van der Waals surface area contributed by atoms with Crippen molar-refractivity contribution in [3.8, 4) is 0 Å². The first-order valence-corrected chi connectivity index (χ1v) is 7.74. The Balaban J connectivity index is 0. The van der Waals surface area contributed by atoms with Gasteiger partial charge in [-0.25, -0.2) is 0 Å². The van der Waals surface area contributed by atoms with Gasteiger partial charge in [0, 0.05) is 0 Å². The molecule has 0 aromatic rings. The first-order valence-electron chi connectivity index (χ1n) is 7.74.